The number of carboxylic acids is 1. The fraction of sp³-hybridized carbons (Fsp3) is 0.917. The summed E-state index contributed by atoms with van der Waals surface area (Å²) in [6.45, 7) is 5.60. The van der Waals surface area contributed by atoms with Gasteiger partial charge in [-0.3, -0.25) is 4.79 Å². The topological polar surface area (TPSA) is 49.3 Å². The van der Waals surface area contributed by atoms with Crippen LogP contribution >= 0.6 is 0 Å². The van der Waals surface area contributed by atoms with Gasteiger partial charge >= 0.3 is 5.97 Å². The fourth-order valence-corrected chi connectivity index (χ4v) is 2.34. The molecule has 15 heavy (non-hydrogen) atoms. The van der Waals surface area contributed by atoms with Crippen molar-refractivity contribution >= 4 is 5.97 Å². The van der Waals surface area contributed by atoms with Gasteiger partial charge in [0.1, 0.15) is 0 Å². The Hall–Kier alpha value is -0.570. The molecule has 1 rings (SSSR count). The summed E-state index contributed by atoms with van der Waals surface area (Å²) in [5.74, 6) is 0.920. The van der Waals surface area contributed by atoms with E-state index in [2.05, 4.69) is 19.2 Å². The van der Waals surface area contributed by atoms with Crippen LogP contribution < -0.4 is 5.32 Å². The van der Waals surface area contributed by atoms with Gasteiger partial charge in [0, 0.05) is 12.5 Å². The van der Waals surface area contributed by atoms with Gasteiger partial charge < -0.3 is 10.4 Å². The first-order valence-corrected chi connectivity index (χ1v) is 6.06. The Balaban J connectivity index is 2.03. The largest absolute Gasteiger partial charge is 0.481 e. The summed E-state index contributed by atoms with van der Waals surface area (Å²) in [5, 5.41) is 12.0. The standard InChI is InChI=1S/C12H23NO2/c1-9-6-7-11(10(9)2)13-8-4-3-5-12(14)15/h9-11,13H,3-8H2,1-2H3,(H,14,15). The molecule has 3 heteroatoms. The van der Waals surface area contributed by atoms with E-state index in [9.17, 15) is 4.79 Å². The van der Waals surface area contributed by atoms with Crippen molar-refractivity contribution in [2.45, 2.75) is 52.0 Å². The van der Waals surface area contributed by atoms with Crippen LogP contribution in [0, 0.1) is 11.8 Å². The van der Waals surface area contributed by atoms with Gasteiger partial charge in [0.15, 0.2) is 0 Å². The highest BCUT2D eigenvalue weighted by atomic mass is 16.4. The van der Waals surface area contributed by atoms with Crippen LogP contribution in [-0.4, -0.2) is 23.7 Å². The number of hydrogen-bond acceptors (Lipinski definition) is 2. The molecule has 1 fully saturated rings. The number of carboxylic acid groups (broad SMARTS) is 1. The van der Waals surface area contributed by atoms with Crippen molar-refractivity contribution in [3.8, 4) is 0 Å². The Labute approximate surface area is 92.3 Å². The zero-order chi connectivity index (χ0) is 11.3. The molecule has 0 heterocycles. The molecule has 0 aliphatic heterocycles. The Morgan fingerprint density at radius 1 is 1.33 bits per heavy atom. The van der Waals surface area contributed by atoms with Crippen LogP contribution in [0.25, 0.3) is 0 Å². The van der Waals surface area contributed by atoms with Crippen molar-refractivity contribution in [3.63, 3.8) is 0 Å². The highest BCUT2D eigenvalue weighted by Gasteiger charge is 2.28. The molecule has 88 valence electrons. The third-order valence-electron chi connectivity index (χ3n) is 3.69. The second kappa shape index (κ2) is 6.11. The molecule has 3 atom stereocenters. The first kappa shape index (κ1) is 12.5. The maximum Gasteiger partial charge on any atom is 0.303 e. The van der Waals surface area contributed by atoms with Gasteiger partial charge in [0.05, 0.1) is 0 Å². The summed E-state index contributed by atoms with van der Waals surface area (Å²) >= 11 is 0. The van der Waals surface area contributed by atoms with Crippen molar-refractivity contribution in [3.05, 3.63) is 0 Å². The van der Waals surface area contributed by atoms with E-state index in [0.717, 1.165) is 31.2 Å². The van der Waals surface area contributed by atoms with Crippen LogP contribution in [0.5, 0.6) is 0 Å². The molecule has 0 aromatic carbocycles. The zero-order valence-corrected chi connectivity index (χ0v) is 9.83. The van der Waals surface area contributed by atoms with Crippen LogP contribution in [0.2, 0.25) is 0 Å². The van der Waals surface area contributed by atoms with E-state index < -0.39 is 5.97 Å². The predicted molar refractivity (Wildman–Crippen MR) is 60.8 cm³/mol. The Morgan fingerprint density at radius 3 is 2.60 bits per heavy atom. The smallest absolute Gasteiger partial charge is 0.303 e. The Morgan fingerprint density at radius 2 is 2.07 bits per heavy atom. The van der Waals surface area contributed by atoms with Gasteiger partial charge in [-0.15, -0.1) is 0 Å². The Kier molecular flexibility index (Phi) is 5.09. The van der Waals surface area contributed by atoms with Crippen molar-refractivity contribution < 1.29 is 9.90 Å². The average molecular weight is 213 g/mol. The molecule has 0 radical (unpaired) electrons. The monoisotopic (exact) mass is 213 g/mol. The highest BCUT2D eigenvalue weighted by Crippen LogP contribution is 2.30. The van der Waals surface area contributed by atoms with E-state index in [-0.39, 0.29) is 0 Å². The minimum absolute atomic E-state index is 0.304. The van der Waals surface area contributed by atoms with Crippen LogP contribution in [0.3, 0.4) is 0 Å². The number of carbonyl (C=O) groups is 1. The predicted octanol–water partition coefficient (Wildman–Crippen LogP) is 2.27. The summed E-state index contributed by atoms with van der Waals surface area (Å²) in [6.07, 6.45) is 4.68. The third-order valence-corrected chi connectivity index (χ3v) is 3.69. The maximum absolute atomic E-state index is 10.3. The van der Waals surface area contributed by atoms with Crippen LogP contribution in [0.4, 0.5) is 0 Å². The second-order valence-electron chi connectivity index (χ2n) is 4.83. The van der Waals surface area contributed by atoms with Gasteiger partial charge in [-0.05, 0) is 44.1 Å². The maximum atomic E-state index is 10.3. The lowest BCUT2D eigenvalue weighted by Crippen LogP contribution is -2.33. The minimum Gasteiger partial charge on any atom is -0.481 e. The molecule has 0 aromatic rings. The van der Waals surface area contributed by atoms with Gasteiger partial charge in [0.25, 0.3) is 0 Å². The normalized spacial score (nSPS) is 30.7. The molecule has 1 saturated carbocycles. The van der Waals surface area contributed by atoms with Crippen LogP contribution in [0.1, 0.15) is 46.0 Å². The van der Waals surface area contributed by atoms with Gasteiger partial charge in [0.2, 0.25) is 0 Å². The van der Waals surface area contributed by atoms with Crippen molar-refractivity contribution in [1.82, 2.24) is 5.32 Å². The third kappa shape index (κ3) is 4.20. The molecule has 0 aromatic heterocycles. The second-order valence-corrected chi connectivity index (χ2v) is 4.83. The molecule has 0 saturated heterocycles. The van der Waals surface area contributed by atoms with E-state index in [1.54, 1.807) is 0 Å². The van der Waals surface area contributed by atoms with Crippen LogP contribution in [-0.2, 0) is 4.79 Å². The molecule has 3 nitrogen and oxygen atoms in total. The fourth-order valence-electron chi connectivity index (χ4n) is 2.34. The SMILES string of the molecule is CC1CCC(NCCCCC(=O)O)C1C. The van der Waals surface area contributed by atoms with E-state index in [0.29, 0.717) is 12.5 Å². The number of unbranched alkanes of at least 4 members (excludes halogenated alkanes) is 1. The molecule has 1 aliphatic carbocycles. The first-order valence-electron chi connectivity index (χ1n) is 6.06. The number of hydrogen-bond donors (Lipinski definition) is 2. The molecular weight excluding hydrogens is 190 g/mol. The summed E-state index contributed by atoms with van der Waals surface area (Å²) in [4.78, 5) is 10.3. The summed E-state index contributed by atoms with van der Waals surface area (Å²) in [7, 11) is 0. The van der Waals surface area contributed by atoms with Gasteiger partial charge in [-0.25, -0.2) is 0 Å². The van der Waals surface area contributed by atoms with Crippen molar-refractivity contribution in [2.75, 3.05) is 6.54 Å². The molecule has 0 spiro atoms. The zero-order valence-electron chi connectivity index (χ0n) is 9.83. The molecule has 2 N–H and O–H groups in total. The average Bonchev–Trinajstić information content (AvgIpc) is 2.48. The summed E-state index contributed by atoms with van der Waals surface area (Å²) < 4.78 is 0. The number of nitrogens with one attached hydrogen (secondary N) is 1. The first-order chi connectivity index (χ1) is 7.11. The van der Waals surface area contributed by atoms with Crippen LogP contribution in [0.15, 0.2) is 0 Å². The lowest BCUT2D eigenvalue weighted by Gasteiger charge is -2.19. The van der Waals surface area contributed by atoms with Crippen molar-refractivity contribution in [2.24, 2.45) is 11.8 Å². The minimum atomic E-state index is -0.683. The lowest BCUT2D eigenvalue weighted by atomic mass is 9.98. The van der Waals surface area contributed by atoms with E-state index >= 15 is 0 Å². The molecule has 3 unspecified atom stereocenters. The number of rotatable bonds is 6. The summed E-state index contributed by atoms with van der Waals surface area (Å²) in [5.41, 5.74) is 0. The molecule has 0 amide bonds. The van der Waals surface area contributed by atoms with Crippen molar-refractivity contribution in [1.29, 1.82) is 0 Å². The highest BCUT2D eigenvalue weighted by molar-refractivity contribution is 5.66. The molecular formula is C12H23NO2. The van der Waals surface area contributed by atoms with E-state index in [1.807, 2.05) is 0 Å². The lowest BCUT2D eigenvalue weighted by molar-refractivity contribution is -0.137. The van der Waals surface area contributed by atoms with E-state index in [1.165, 1.54) is 12.8 Å². The molecule has 0 bridgehead atoms. The Bertz CT molecular complexity index is 206. The van der Waals surface area contributed by atoms with Gasteiger partial charge in [-0.1, -0.05) is 13.8 Å². The number of aliphatic carboxylic acids is 1. The molecule has 1 aliphatic rings. The quantitative estimate of drug-likeness (QED) is 0.665. The van der Waals surface area contributed by atoms with Gasteiger partial charge in [-0.2, -0.15) is 0 Å². The summed E-state index contributed by atoms with van der Waals surface area (Å²) in [6, 6.07) is 0.657. The van der Waals surface area contributed by atoms with E-state index in [4.69, 9.17) is 5.11 Å².